The maximum Gasteiger partial charge on any atom is 0.341 e. The molecule has 0 amide bonds. The van der Waals surface area contributed by atoms with Crippen LogP contribution in [0.2, 0.25) is 0 Å². The van der Waals surface area contributed by atoms with Gasteiger partial charge in [-0.1, -0.05) is 60.3 Å². The molecular formula is C25H38O4. The van der Waals surface area contributed by atoms with Gasteiger partial charge in [-0.15, -0.1) is 0 Å². The molecule has 1 heterocycles. The predicted molar refractivity (Wildman–Crippen MR) is 116 cm³/mol. The van der Waals surface area contributed by atoms with Crippen LogP contribution in [0, 0.1) is 5.41 Å². The highest BCUT2D eigenvalue weighted by Crippen LogP contribution is 2.54. The lowest BCUT2D eigenvalue weighted by Crippen LogP contribution is -2.32. The van der Waals surface area contributed by atoms with Crippen LogP contribution in [0.15, 0.2) is 12.1 Å². The standard InChI is InChI=1S/C25H38O4/c1-6-7-8-9-11-25(4,5)17-13-19(28-16-22(26)27)23-18-10-12-24(2,3)15-21(18)29-20(23)14-17/h13-14,18,21H,6-12,15-16H2,1-5H3,(H,26,27). The maximum absolute atomic E-state index is 11.2. The Kier molecular flexibility index (Phi) is 6.50. The molecule has 1 N–H and O–H groups in total. The summed E-state index contributed by atoms with van der Waals surface area (Å²) < 4.78 is 12.3. The van der Waals surface area contributed by atoms with Gasteiger partial charge in [0, 0.05) is 11.5 Å². The fourth-order valence-corrected chi connectivity index (χ4v) is 4.99. The molecule has 0 bridgehead atoms. The fourth-order valence-electron chi connectivity index (χ4n) is 4.99. The lowest BCUT2D eigenvalue weighted by molar-refractivity contribution is -0.139. The number of aliphatic carboxylic acids is 1. The van der Waals surface area contributed by atoms with Crippen LogP contribution in [-0.4, -0.2) is 23.8 Å². The highest BCUT2D eigenvalue weighted by Gasteiger charge is 2.44. The van der Waals surface area contributed by atoms with Crippen molar-refractivity contribution in [3.63, 3.8) is 0 Å². The summed E-state index contributed by atoms with van der Waals surface area (Å²) in [4.78, 5) is 11.2. The molecule has 0 radical (unpaired) electrons. The molecule has 0 aromatic heterocycles. The minimum absolute atomic E-state index is 0.000494. The van der Waals surface area contributed by atoms with Crippen LogP contribution >= 0.6 is 0 Å². The molecule has 2 unspecified atom stereocenters. The Labute approximate surface area is 176 Å². The van der Waals surface area contributed by atoms with Crippen molar-refractivity contribution in [1.82, 2.24) is 0 Å². The van der Waals surface area contributed by atoms with Gasteiger partial charge in [0.2, 0.25) is 0 Å². The number of carboxylic acid groups (broad SMARTS) is 1. The van der Waals surface area contributed by atoms with E-state index in [1.807, 2.05) is 0 Å². The number of fused-ring (bicyclic) bond motifs is 3. The third-order valence-electron chi connectivity index (χ3n) is 6.88. The van der Waals surface area contributed by atoms with Crippen molar-refractivity contribution < 1.29 is 19.4 Å². The van der Waals surface area contributed by atoms with E-state index in [0.29, 0.717) is 11.7 Å². The summed E-state index contributed by atoms with van der Waals surface area (Å²) in [6, 6.07) is 4.29. The Morgan fingerprint density at radius 2 is 2.03 bits per heavy atom. The molecule has 1 aliphatic heterocycles. The van der Waals surface area contributed by atoms with Crippen molar-refractivity contribution in [3.8, 4) is 11.5 Å². The summed E-state index contributed by atoms with van der Waals surface area (Å²) in [6.45, 7) is 11.1. The Morgan fingerprint density at radius 1 is 1.28 bits per heavy atom. The Balaban J connectivity index is 1.89. The van der Waals surface area contributed by atoms with Gasteiger partial charge in [0.05, 0.1) is 0 Å². The van der Waals surface area contributed by atoms with Gasteiger partial charge in [0.1, 0.15) is 17.6 Å². The summed E-state index contributed by atoms with van der Waals surface area (Å²) >= 11 is 0. The minimum atomic E-state index is -0.941. The molecule has 2 atom stereocenters. The number of carboxylic acids is 1. The molecule has 0 spiro atoms. The van der Waals surface area contributed by atoms with Crippen LogP contribution in [0.3, 0.4) is 0 Å². The minimum Gasteiger partial charge on any atom is -0.489 e. The maximum atomic E-state index is 11.2. The SMILES string of the molecule is CCCCCCC(C)(C)c1cc(OCC(=O)O)c2c(c1)OC1CC(C)(C)CCC21. The highest BCUT2D eigenvalue weighted by molar-refractivity contribution is 5.69. The first kappa shape index (κ1) is 22.0. The zero-order valence-electron chi connectivity index (χ0n) is 18.8. The summed E-state index contributed by atoms with van der Waals surface area (Å²) in [7, 11) is 0. The topological polar surface area (TPSA) is 55.8 Å². The molecule has 3 rings (SSSR count). The van der Waals surface area contributed by atoms with E-state index in [-0.39, 0.29) is 23.5 Å². The average Bonchev–Trinajstić information content (AvgIpc) is 2.99. The molecule has 1 aliphatic carbocycles. The van der Waals surface area contributed by atoms with Gasteiger partial charge in [-0.25, -0.2) is 4.79 Å². The van der Waals surface area contributed by atoms with Crippen molar-refractivity contribution in [3.05, 3.63) is 23.3 Å². The molecule has 29 heavy (non-hydrogen) atoms. The molecule has 4 nitrogen and oxygen atoms in total. The summed E-state index contributed by atoms with van der Waals surface area (Å²) in [5.41, 5.74) is 2.57. The number of carbonyl (C=O) groups is 1. The van der Waals surface area contributed by atoms with Crippen LogP contribution < -0.4 is 9.47 Å². The average molecular weight is 403 g/mol. The summed E-state index contributed by atoms with van der Waals surface area (Å²) in [6.07, 6.45) is 9.48. The van der Waals surface area contributed by atoms with Gasteiger partial charge >= 0.3 is 5.97 Å². The van der Waals surface area contributed by atoms with Gasteiger partial charge in [0.25, 0.3) is 0 Å². The van der Waals surface area contributed by atoms with Gasteiger partial charge < -0.3 is 14.6 Å². The van der Waals surface area contributed by atoms with Crippen LogP contribution in [0.5, 0.6) is 11.5 Å². The molecular weight excluding hydrogens is 364 g/mol. The first-order valence-corrected chi connectivity index (χ1v) is 11.3. The zero-order valence-corrected chi connectivity index (χ0v) is 18.8. The van der Waals surface area contributed by atoms with Crippen LogP contribution in [0.25, 0.3) is 0 Å². The Morgan fingerprint density at radius 3 is 2.72 bits per heavy atom. The molecule has 162 valence electrons. The number of benzene rings is 1. The van der Waals surface area contributed by atoms with Crippen molar-refractivity contribution >= 4 is 5.97 Å². The van der Waals surface area contributed by atoms with E-state index in [2.05, 4.69) is 46.8 Å². The van der Waals surface area contributed by atoms with Crippen molar-refractivity contribution in [2.24, 2.45) is 5.41 Å². The van der Waals surface area contributed by atoms with Crippen LogP contribution in [-0.2, 0) is 10.2 Å². The molecule has 4 heteroatoms. The molecule has 1 fully saturated rings. The van der Waals surface area contributed by atoms with E-state index >= 15 is 0 Å². The van der Waals surface area contributed by atoms with Gasteiger partial charge in [-0.3, -0.25) is 0 Å². The molecule has 1 aromatic carbocycles. The quantitative estimate of drug-likeness (QED) is 0.482. The van der Waals surface area contributed by atoms with Gasteiger partial charge in [-0.05, 0) is 54.2 Å². The molecule has 1 aromatic rings. The first-order chi connectivity index (χ1) is 13.6. The molecule has 0 saturated heterocycles. The van der Waals surface area contributed by atoms with E-state index in [1.165, 1.54) is 31.2 Å². The largest absolute Gasteiger partial charge is 0.489 e. The lowest BCUT2D eigenvalue weighted by Gasteiger charge is -2.36. The van der Waals surface area contributed by atoms with E-state index in [1.54, 1.807) is 0 Å². The third-order valence-corrected chi connectivity index (χ3v) is 6.88. The number of hydrogen-bond donors (Lipinski definition) is 1. The number of hydrogen-bond acceptors (Lipinski definition) is 3. The van der Waals surface area contributed by atoms with Crippen molar-refractivity contribution in [1.29, 1.82) is 0 Å². The van der Waals surface area contributed by atoms with Crippen molar-refractivity contribution in [2.75, 3.05) is 6.61 Å². The second-order valence-corrected chi connectivity index (χ2v) is 10.4. The van der Waals surface area contributed by atoms with Gasteiger partial charge in [0.15, 0.2) is 6.61 Å². The fraction of sp³-hybridized carbons (Fsp3) is 0.720. The Bertz CT molecular complexity index is 735. The number of rotatable bonds is 9. The highest BCUT2D eigenvalue weighted by atomic mass is 16.5. The number of ether oxygens (including phenoxy) is 2. The molecule has 2 aliphatic rings. The second kappa shape index (κ2) is 8.57. The Hall–Kier alpha value is -1.71. The van der Waals surface area contributed by atoms with Crippen molar-refractivity contribution in [2.45, 2.75) is 103 Å². The lowest BCUT2D eigenvalue weighted by atomic mass is 9.70. The summed E-state index contributed by atoms with van der Waals surface area (Å²) in [5, 5.41) is 9.16. The number of unbranched alkanes of at least 4 members (excludes halogenated alkanes) is 3. The van der Waals surface area contributed by atoms with Crippen LogP contribution in [0.1, 0.15) is 103 Å². The predicted octanol–water partition coefficient (Wildman–Crippen LogP) is 6.45. The second-order valence-electron chi connectivity index (χ2n) is 10.4. The normalized spacial score (nSPS) is 22.5. The van der Waals surface area contributed by atoms with E-state index in [0.717, 1.165) is 37.0 Å². The zero-order chi connectivity index (χ0) is 21.2. The smallest absolute Gasteiger partial charge is 0.341 e. The van der Waals surface area contributed by atoms with E-state index in [4.69, 9.17) is 14.6 Å². The molecule has 1 saturated carbocycles. The summed E-state index contributed by atoms with van der Waals surface area (Å²) in [5.74, 6) is 0.998. The van der Waals surface area contributed by atoms with E-state index in [9.17, 15) is 4.79 Å². The monoisotopic (exact) mass is 402 g/mol. The first-order valence-electron chi connectivity index (χ1n) is 11.3. The van der Waals surface area contributed by atoms with Gasteiger partial charge in [-0.2, -0.15) is 0 Å². The van der Waals surface area contributed by atoms with Crippen LogP contribution in [0.4, 0.5) is 0 Å². The van der Waals surface area contributed by atoms with E-state index < -0.39 is 5.97 Å². The third kappa shape index (κ3) is 5.07.